The number of carboxylic acid groups (broad SMARTS) is 1. The summed E-state index contributed by atoms with van der Waals surface area (Å²) in [5, 5.41) is 8.90. The van der Waals surface area contributed by atoms with Crippen LogP contribution < -0.4 is 4.74 Å². The highest BCUT2D eigenvalue weighted by Crippen LogP contribution is 2.12. The quantitative estimate of drug-likeness (QED) is 0.739. The average molecular weight is 282 g/mol. The summed E-state index contributed by atoms with van der Waals surface area (Å²) in [5.41, 5.74) is 0.322. The topological polar surface area (TPSA) is 89.0 Å². The molecule has 20 heavy (non-hydrogen) atoms. The molecule has 1 aromatic rings. The number of aliphatic carboxylic acids is 1. The number of carboxylic acids is 1. The van der Waals surface area contributed by atoms with Gasteiger partial charge < -0.3 is 19.5 Å². The Bertz CT molecular complexity index is 478. The van der Waals surface area contributed by atoms with Crippen LogP contribution in [-0.2, 0) is 9.53 Å². The van der Waals surface area contributed by atoms with E-state index in [1.54, 1.807) is 7.11 Å². The highest BCUT2D eigenvalue weighted by atomic mass is 16.5. The molecule has 1 heterocycles. The molecule has 1 unspecified atom stereocenters. The molecule has 1 atom stereocenters. The Kier molecular flexibility index (Phi) is 5.92. The molecule has 1 amide bonds. The summed E-state index contributed by atoms with van der Waals surface area (Å²) in [6.45, 7) is 2.18. The predicted octanol–water partition coefficient (Wildman–Crippen LogP) is 0.652. The van der Waals surface area contributed by atoms with Gasteiger partial charge in [0.25, 0.3) is 5.91 Å². The van der Waals surface area contributed by atoms with Crippen LogP contribution in [0.2, 0.25) is 0 Å². The highest BCUT2D eigenvalue weighted by molar-refractivity contribution is 5.96. The number of carbonyl (C=O) groups excluding carboxylic acids is 1. The molecule has 7 heteroatoms. The zero-order valence-corrected chi connectivity index (χ0v) is 11.7. The molecule has 7 nitrogen and oxygen atoms in total. The van der Waals surface area contributed by atoms with Gasteiger partial charge in [0.2, 0.25) is 5.88 Å². The van der Waals surface area contributed by atoms with Gasteiger partial charge in [0.1, 0.15) is 12.6 Å². The molecule has 0 fully saturated rings. The van der Waals surface area contributed by atoms with Crippen molar-refractivity contribution in [3.63, 3.8) is 0 Å². The van der Waals surface area contributed by atoms with Gasteiger partial charge in [-0.2, -0.15) is 0 Å². The normalized spacial score (nSPS) is 11.8. The van der Waals surface area contributed by atoms with Crippen LogP contribution in [0.1, 0.15) is 17.3 Å². The number of methoxy groups -OCH3 is 1. The van der Waals surface area contributed by atoms with Gasteiger partial charge in [0, 0.05) is 32.0 Å². The van der Waals surface area contributed by atoms with Gasteiger partial charge in [0.05, 0.1) is 6.61 Å². The van der Waals surface area contributed by atoms with Gasteiger partial charge >= 0.3 is 5.97 Å². The van der Waals surface area contributed by atoms with Crippen molar-refractivity contribution in [2.75, 3.05) is 27.4 Å². The molecule has 1 aromatic heterocycles. The number of pyridine rings is 1. The second-order valence-corrected chi connectivity index (χ2v) is 4.15. The van der Waals surface area contributed by atoms with Crippen molar-refractivity contribution in [2.24, 2.45) is 0 Å². The molecule has 0 aliphatic carbocycles. The second-order valence-electron chi connectivity index (χ2n) is 4.15. The third-order valence-corrected chi connectivity index (χ3v) is 2.78. The van der Waals surface area contributed by atoms with Crippen molar-refractivity contribution >= 4 is 11.9 Å². The Hall–Kier alpha value is -2.15. The van der Waals surface area contributed by atoms with E-state index in [1.165, 1.54) is 32.3 Å². The number of aromatic nitrogens is 1. The summed E-state index contributed by atoms with van der Waals surface area (Å²) in [6, 6.07) is 2.08. The maximum absolute atomic E-state index is 12.1. The van der Waals surface area contributed by atoms with Crippen molar-refractivity contribution in [2.45, 2.75) is 13.0 Å². The molecular weight excluding hydrogens is 264 g/mol. The Morgan fingerprint density at radius 2 is 2.15 bits per heavy atom. The molecule has 0 bridgehead atoms. The Morgan fingerprint density at radius 3 is 2.75 bits per heavy atom. The lowest BCUT2D eigenvalue weighted by Crippen LogP contribution is -2.40. The number of hydrogen-bond donors (Lipinski definition) is 1. The van der Waals surface area contributed by atoms with Crippen LogP contribution in [-0.4, -0.2) is 60.3 Å². The highest BCUT2D eigenvalue weighted by Gasteiger charge is 2.23. The number of likely N-dealkylation sites (N-methyl/N-ethyl adjacent to an activating group) is 1. The van der Waals surface area contributed by atoms with Crippen LogP contribution in [0, 0.1) is 0 Å². The molecule has 0 saturated carbocycles. The number of carbonyl (C=O) groups is 2. The predicted molar refractivity (Wildman–Crippen MR) is 70.8 cm³/mol. The Labute approximate surface area is 117 Å². The molecule has 0 aliphatic heterocycles. The molecule has 0 aliphatic rings. The third kappa shape index (κ3) is 4.20. The molecular formula is C13H18N2O5. The summed E-state index contributed by atoms with van der Waals surface area (Å²) in [6.07, 6.45) is 1.44. The number of hydrogen-bond acceptors (Lipinski definition) is 5. The molecule has 0 spiro atoms. The van der Waals surface area contributed by atoms with Crippen LogP contribution in [0.15, 0.2) is 18.3 Å². The van der Waals surface area contributed by atoms with E-state index >= 15 is 0 Å². The Balaban J connectivity index is 2.78. The van der Waals surface area contributed by atoms with Crippen molar-refractivity contribution in [1.82, 2.24) is 9.88 Å². The lowest BCUT2D eigenvalue weighted by Gasteiger charge is -2.21. The maximum atomic E-state index is 12.1. The summed E-state index contributed by atoms with van der Waals surface area (Å²) in [5.74, 6) is -1.17. The van der Waals surface area contributed by atoms with E-state index in [4.69, 9.17) is 14.6 Å². The average Bonchev–Trinajstić information content (AvgIpc) is 2.45. The van der Waals surface area contributed by atoms with E-state index in [2.05, 4.69) is 4.98 Å². The SMILES string of the molecule is COCCOc1cc(C(=O)N(C)C(C)C(=O)O)ccn1. The van der Waals surface area contributed by atoms with E-state index in [9.17, 15) is 9.59 Å². The first-order valence-corrected chi connectivity index (χ1v) is 6.05. The molecule has 0 radical (unpaired) electrons. The summed E-state index contributed by atoms with van der Waals surface area (Å²) >= 11 is 0. The summed E-state index contributed by atoms with van der Waals surface area (Å²) < 4.78 is 10.1. The van der Waals surface area contributed by atoms with Gasteiger partial charge in [-0.3, -0.25) is 4.79 Å². The van der Waals surface area contributed by atoms with Gasteiger partial charge in [0.15, 0.2) is 0 Å². The van der Waals surface area contributed by atoms with Gasteiger partial charge in [-0.1, -0.05) is 0 Å². The van der Waals surface area contributed by atoms with E-state index in [1.807, 2.05) is 0 Å². The maximum Gasteiger partial charge on any atom is 0.326 e. The smallest absolute Gasteiger partial charge is 0.326 e. The van der Waals surface area contributed by atoms with Crippen LogP contribution >= 0.6 is 0 Å². The molecule has 0 saturated heterocycles. The summed E-state index contributed by atoms with van der Waals surface area (Å²) in [7, 11) is 2.99. The molecule has 0 aromatic carbocycles. The van der Waals surface area contributed by atoms with Gasteiger partial charge in [-0.25, -0.2) is 9.78 Å². The number of amides is 1. The minimum atomic E-state index is -1.06. The first-order valence-electron chi connectivity index (χ1n) is 6.05. The molecule has 110 valence electrons. The monoisotopic (exact) mass is 282 g/mol. The number of rotatable bonds is 7. The van der Waals surface area contributed by atoms with Crippen LogP contribution in [0.5, 0.6) is 5.88 Å². The fourth-order valence-electron chi connectivity index (χ4n) is 1.40. The van der Waals surface area contributed by atoms with E-state index in [0.29, 0.717) is 24.7 Å². The van der Waals surface area contributed by atoms with Crippen LogP contribution in [0.4, 0.5) is 0 Å². The lowest BCUT2D eigenvalue weighted by atomic mass is 10.2. The van der Waals surface area contributed by atoms with Crippen LogP contribution in [0.3, 0.4) is 0 Å². The lowest BCUT2D eigenvalue weighted by molar-refractivity contribution is -0.141. The zero-order chi connectivity index (χ0) is 15.1. The first-order chi connectivity index (χ1) is 9.47. The first kappa shape index (κ1) is 15.9. The molecule has 1 rings (SSSR count). The molecule has 1 N–H and O–H groups in total. The fraction of sp³-hybridized carbons (Fsp3) is 0.462. The third-order valence-electron chi connectivity index (χ3n) is 2.78. The Morgan fingerprint density at radius 1 is 1.45 bits per heavy atom. The largest absolute Gasteiger partial charge is 0.480 e. The van der Waals surface area contributed by atoms with E-state index < -0.39 is 17.9 Å². The standard InChI is InChI=1S/C13H18N2O5/c1-9(13(17)18)15(2)12(16)10-4-5-14-11(8-10)20-7-6-19-3/h4-5,8-9H,6-7H2,1-3H3,(H,17,18). The van der Waals surface area contributed by atoms with Gasteiger partial charge in [-0.15, -0.1) is 0 Å². The second kappa shape index (κ2) is 7.44. The van der Waals surface area contributed by atoms with Crippen molar-refractivity contribution in [3.8, 4) is 5.88 Å². The number of nitrogens with zero attached hydrogens (tertiary/aromatic N) is 2. The van der Waals surface area contributed by atoms with Crippen molar-refractivity contribution in [1.29, 1.82) is 0 Å². The number of ether oxygens (including phenoxy) is 2. The van der Waals surface area contributed by atoms with Crippen molar-refractivity contribution < 1.29 is 24.2 Å². The van der Waals surface area contributed by atoms with Crippen molar-refractivity contribution in [3.05, 3.63) is 23.9 Å². The minimum Gasteiger partial charge on any atom is -0.480 e. The minimum absolute atomic E-state index is 0.296. The van der Waals surface area contributed by atoms with E-state index in [0.717, 1.165) is 4.90 Å². The zero-order valence-electron chi connectivity index (χ0n) is 11.7. The van der Waals surface area contributed by atoms with E-state index in [-0.39, 0.29) is 0 Å². The fourth-order valence-corrected chi connectivity index (χ4v) is 1.40. The van der Waals surface area contributed by atoms with Crippen LogP contribution in [0.25, 0.3) is 0 Å². The van der Waals surface area contributed by atoms with Gasteiger partial charge in [-0.05, 0) is 13.0 Å². The summed E-state index contributed by atoms with van der Waals surface area (Å²) in [4.78, 5) is 28.1.